The molecule has 10 nitrogen and oxygen atoms in total. The Morgan fingerprint density at radius 3 is 3.06 bits per heavy atom. The molecule has 0 spiro atoms. The lowest BCUT2D eigenvalue weighted by molar-refractivity contribution is 0.0770. The molecular formula is C22H21F2N7O3. The van der Waals surface area contributed by atoms with Crippen molar-refractivity contribution in [3.8, 4) is 17.4 Å². The van der Waals surface area contributed by atoms with Crippen molar-refractivity contribution in [1.29, 1.82) is 0 Å². The van der Waals surface area contributed by atoms with E-state index in [0.717, 1.165) is 24.8 Å². The lowest BCUT2D eigenvalue weighted by Gasteiger charge is -2.08. The molecule has 4 aromatic heterocycles. The first-order chi connectivity index (χ1) is 16.5. The molecule has 5 rings (SSSR count). The number of rotatable bonds is 8. The number of anilines is 1. The van der Waals surface area contributed by atoms with E-state index in [0.29, 0.717) is 34.8 Å². The molecule has 5 heterocycles. The number of hydrogen-bond donors (Lipinski definition) is 2. The van der Waals surface area contributed by atoms with Gasteiger partial charge in [0.15, 0.2) is 6.61 Å². The van der Waals surface area contributed by atoms with Crippen LogP contribution in [0.1, 0.15) is 23.2 Å². The van der Waals surface area contributed by atoms with Gasteiger partial charge >= 0.3 is 6.01 Å². The third-order valence-corrected chi connectivity index (χ3v) is 5.30. The number of carbonyl (C=O) groups excluding carboxylic acids is 1. The highest BCUT2D eigenvalue weighted by Gasteiger charge is 2.18. The normalized spacial score (nSPS) is 15.8. The van der Waals surface area contributed by atoms with Gasteiger partial charge in [0.25, 0.3) is 12.3 Å². The number of ether oxygens (including phenoxy) is 2. The first kappa shape index (κ1) is 21.9. The van der Waals surface area contributed by atoms with Crippen molar-refractivity contribution in [3.05, 3.63) is 48.5 Å². The van der Waals surface area contributed by atoms with Crippen LogP contribution in [0, 0.1) is 0 Å². The number of halogens is 2. The Morgan fingerprint density at radius 2 is 2.24 bits per heavy atom. The average molecular weight is 469 g/mol. The summed E-state index contributed by atoms with van der Waals surface area (Å²) in [5, 5.41) is 7.80. The minimum Gasteiger partial charge on any atom is -0.457 e. The maximum atomic E-state index is 12.6. The second-order valence-corrected chi connectivity index (χ2v) is 7.81. The lowest BCUT2D eigenvalue weighted by atomic mass is 10.2. The molecule has 12 heteroatoms. The van der Waals surface area contributed by atoms with Crippen molar-refractivity contribution in [3.63, 3.8) is 0 Å². The zero-order valence-electron chi connectivity index (χ0n) is 17.9. The van der Waals surface area contributed by atoms with Gasteiger partial charge in [0, 0.05) is 36.7 Å². The summed E-state index contributed by atoms with van der Waals surface area (Å²) < 4.78 is 36.9. The molecule has 0 radical (unpaired) electrons. The summed E-state index contributed by atoms with van der Waals surface area (Å²) in [5.41, 5.74) is 2.23. The lowest BCUT2D eigenvalue weighted by Crippen LogP contribution is -2.15. The standard InChI is InChI=1S/C22H21F2N7O3/c23-19(24)12-34-22-25-4-3-16(29-22)18-6-13-8-26-20(7-17(13)28-18)30-21(32)14-9-27-31(10-14)11-15-2-1-5-33-15/h3-4,6-10,15,19,28H,1-2,5,11-12H2,(H,26,30,32)/t15-/m1/s1. The summed E-state index contributed by atoms with van der Waals surface area (Å²) in [6, 6.07) is 5.00. The molecule has 1 atom stereocenters. The molecule has 1 aliphatic heterocycles. The maximum absolute atomic E-state index is 12.6. The molecule has 1 aliphatic rings. The molecule has 34 heavy (non-hydrogen) atoms. The van der Waals surface area contributed by atoms with Crippen molar-refractivity contribution in [2.24, 2.45) is 0 Å². The molecule has 0 bridgehead atoms. The number of aromatic nitrogens is 6. The Bertz CT molecular complexity index is 1300. The fraction of sp³-hybridized carbons (Fsp3) is 0.318. The van der Waals surface area contributed by atoms with E-state index in [1.165, 1.54) is 12.4 Å². The van der Waals surface area contributed by atoms with Crippen molar-refractivity contribution < 1.29 is 23.0 Å². The van der Waals surface area contributed by atoms with E-state index in [4.69, 9.17) is 9.47 Å². The van der Waals surface area contributed by atoms with Crippen LogP contribution >= 0.6 is 0 Å². The molecule has 0 aromatic carbocycles. The molecule has 176 valence electrons. The van der Waals surface area contributed by atoms with Gasteiger partial charge in [-0.05, 0) is 25.0 Å². The third-order valence-electron chi connectivity index (χ3n) is 5.30. The van der Waals surface area contributed by atoms with Crippen molar-refractivity contribution in [2.75, 3.05) is 18.5 Å². The van der Waals surface area contributed by atoms with Gasteiger partial charge in [0.2, 0.25) is 0 Å². The van der Waals surface area contributed by atoms with Gasteiger partial charge in [-0.15, -0.1) is 0 Å². The van der Waals surface area contributed by atoms with Gasteiger partial charge in [-0.2, -0.15) is 10.1 Å². The van der Waals surface area contributed by atoms with Crippen LogP contribution in [-0.2, 0) is 11.3 Å². The Kier molecular flexibility index (Phi) is 6.12. The summed E-state index contributed by atoms with van der Waals surface area (Å²) in [5.74, 6) is 0.0373. The summed E-state index contributed by atoms with van der Waals surface area (Å²) in [6.07, 6.45) is 5.78. The van der Waals surface area contributed by atoms with Crippen molar-refractivity contribution in [2.45, 2.75) is 31.9 Å². The second kappa shape index (κ2) is 9.51. The quantitative estimate of drug-likeness (QED) is 0.406. The second-order valence-electron chi connectivity index (χ2n) is 7.81. The molecule has 4 aromatic rings. The summed E-state index contributed by atoms with van der Waals surface area (Å²) in [4.78, 5) is 28.1. The zero-order chi connectivity index (χ0) is 23.5. The minimum absolute atomic E-state index is 0.129. The van der Waals surface area contributed by atoms with Crippen LogP contribution in [0.15, 0.2) is 43.0 Å². The van der Waals surface area contributed by atoms with E-state index >= 15 is 0 Å². The van der Waals surface area contributed by atoms with Gasteiger partial charge in [0.05, 0.1) is 41.3 Å². The molecule has 0 unspecified atom stereocenters. The fourth-order valence-corrected chi connectivity index (χ4v) is 3.70. The van der Waals surface area contributed by atoms with E-state index in [-0.39, 0.29) is 18.0 Å². The van der Waals surface area contributed by atoms with Crippen molar-refractivity contribution in [1.82, 2.24) is 29.7 Å². The van der Waals surface area contributed by atoms with Gasteiger partial charge in [-0.25, -0.2) is 18.7 Å². The third kappa shape index (κ3) is 5.01. The highest BCUT2D eigenvalue weighted by atomic mass is 19.3. The van der Waals surface area contributed by atoms with Crippen LogP contribution in [0.4, 0.5) is 14.6 Å². The summed E-state index contributed by atoms with van der Waals surface area (Å²) in [6.45, 7) is 0.593. The maximum Gasteiger partial charge on any atom is 0.317 e. The Morgan fingerprint density at radius 1 is 1.32 bits per heavy atom. The van der Waals surface area contributed by atoms with Gasteiger partial charge in [-0.3, -0.25) is 9.48 Å². The fourth-order valence-electron chi connectivity index (χ4n) is 3.70. The van der Waals surface area contributed by atoms with Gasteiger partial charge in [-0.1, -0.05) is 0 Å². The first-order valence-electron chi connectivity index (χ1n) is 10.7. The number of nitrogens with zero attached hydrogens (tertiary/aromatic N) is 5. The zero-order valence-corrected chi connectivity index (χ0v) is 17.9. The van der Waals surface area contributed by atoms with E-state index in [1.54, 1.807) is 29.2 Å². The van der Waals surface area contributed by atoms with Crippen LogP contribution in [0.5, 0.6) is 6.01 Å². The molecule has 1 amide bonds. The van der Waals surface area contributed by atoms with Gasteiger partial charge in [0.1, 0.15) is 5.82 Å². The number of fused-ring (bicyclic) bond motifs is 1. The number of pyridine rings is 1. The van der Waals surface area contributed by atoms with Crippen molar-refractivity contribution >= 4 is 22.6 Å². The first-order valence-corrected chi connectivity index (χ1v) is 10.7. The van der Waals surface area contributed by atoms with E-state index in [9.17, 15) is 13.6 Å². The number of carbonyl (C=O) groups is 1. The summed E-state index contributed by atoms with van der Waals surface area (Å²) >= 11 is 0. The van der Waals surface area contributed by atoms with Crippen LogP contribution < -0.4 is 10.1 Å². The monoisotopic (exact) mass is 469 g/mol. The predicted octanol–water partition coefficient (Wildman–Crippen LogP) is 3.29. The molecule has 2 N–H and O–H groups in total. The SMILES string of the molecule is O=C(Nc1cc2[nH]c(-c3ccnc(OCC(F)F)n3)cc2cn1)c1cnn(C[C@H]2CCCO2)c1. The molecular weight excluding hydrogens is 448 g/mol. The molecule has 1 fully saturated rings. The van der Waals surface area contributed by atoms with Crippen LogP contribution in [0.2, 0.25) is 0 Å². The Balaban J connectivity index is 1.28. The number of amides is 1. The number of H-pyrrole nitrogens is 1. The van der Waals surface area contributed by atoms with Crippen LogP contribution in [0.3, 0.4) is 0 Å². The smallest absolute Gasteiger partial charge is 0.317 e. The van der Waals surface area contributed by atoms with Crippen LogP contribution in [0.25, 0.3) is 22.3 Å². The molecule has 0 saturated carbocycles. The van der Waals surface area contributed by atoms with E-state index in [1.807, 2.05) is 6.07 Å². The highest BCUT2D eigenvalue weighted by Crippen LogP contribution is 2.25. The summed E-state index contributed by atoms with van der Waals surface area (Å²) in [7, 11) is 0. The molecule has 0 aliphatic carbocycles. The highest BCUT2D eigenvalue weighted by molar-refractivity contribution is 6.04. The number of hydrogen-bond acceptors (Lipinski definition) is 7. The van der Waals surface area contributed by atoms with E-state index < -0.39 is 13.0 Å². The Labute approximate surface area is 192 Å². The average Bonchev–Trinajstić information content (AvgIpc) is 3.59. The minimum atomic E-state index is -2.62. The van der Waals surface area contributed by atoms with Gasteiger partial charge < -0.3 is 19.8 Å². The predicted molar refractivity (Wildman–Crippen MR) is 118 cm³/mol. The number of nitrogens with one attached hydrogen (secondary N) is 2. The van der Waals surface area contributed by atoms with E-state index in [2.05, 4.69) is 30.4 Å². The molecule has 1 saturated heterocycles. The topological polar surface area (TPSA) is 120 Å². The number of alkyl halides is 2. The largest absolute Gasteiger partial charge is 0.457 e. The van der Waals surface area contributed by atoms with Crippen LogP contribution in [-0.4, -0.2) is 61.4 Å². The Hall–Kier alpha value is -3.93. The number of aromatic amines is 1.